The van der Waals surface area contributed by atoms with Gasteiger partial charge in [-0.2, -0.15) is 10.1 Å². The molecule has 0 unspecified atom stereocenters. The Kier molecular flexibility index (Phi) is 4.54. The second-order valence-electron chi connectivity index (χ2n) is 8.90. The van der Waals surface area contributed by atoms with Crippen LogP contribution in [-0.4, -0.2) is 27.6 Å². The maximum absolute atomic E-state index is 13.0. The van der Waals surface area contributed by atoms with Gasteiger partial charge in [-0.1, -0.05) is 60.2 Å². The zero-order chi connectivity index (χ0) is 21.8. The molecule has 5 nitrogen and oxygen atoms in total. The molecule has 1 aromatic heterocycles. The minimum atomic E-state index is -0.245. The van der Waals surface area contributed by atoms with E-state index in [9.17, 15) is 9.59 Å². The van der Waals surface area contributed by atoms with Crippen LogP contribution in [0.1, 0.15) is 24.0 Å². The molecule has 4 aliphatic rings. The molecule has 3 aliphatic carbocycles. The van der Waals surface area contributed by atoms with Gasteiger partial charge in [-0.05, 0) is 42.4 Å². The standard InChI is InChI=1S/C26H22ClN3O2/c27-21-7-3-1-5-18(21)14-29-15-19(20-6-2-4-8-22(20)29)13-28-30-25(31)23-16-9-10-17(12-11-16)24(23)26(30)32/h1-10,13,15-17,23-24H,11-12,14H2/b28-13-/t16-,17-,23-,24-/m1/s1. The zero-order valence-corrected chi connectivity index (χ0v) is 18.2. The molecule has 0 spiro atoms. The fourth-order valence-electron chi connectivity index (χ4n) is 5.61. The first-order valence-electron chi connectivity index (χ1n) is 11.0. The number of allylic oxidation sites excluding steroid dienone is 2. The minimum Gasteiger partial charge on any atom is -0.342 e. The number of imide groups is 1. The summed E-state index contributed by atoms with van der Waals surface area (Å²) in [5.74, 6) is -0.474. The van der Waals surface area contributed by atoms with Gasteiger partial charge in [0.1, 0.15) is 0 Å². The van der Waals surface area contributed by atoms with Crippen molar-refractivity contribution in [3.63, 3.8) is 0 Å². The van der Waals surface area contributed by atoms with E-state index >= 15 is 0 Å². The van der Waals surface area contributed by atoms with Crippen molar-refractivity contribution in [1.82, 2.24) is 9.58 Å². The minimum absolute atomic E-state index is 0.157. The predicted molar refractivity (Wildman–Crippen MR) is 124 cm³/mol. The Hall–Kier alpha value is -3.18. The molecule has 1 saturated carbocycles. The summed E-state index contributed by atoms with van der Waals surface area (Å²) >= 11 is 6.37. The predicted octanol–water partition coefficient (Wildman–Crippen LogP) is 4.87. The van der Waals surface area contributed by atoms with Crippen molar-refractivity contribution in [2.45, 2.75) is 19.4 Å². The third-order valence-electron chi connectivity index (χ3n) is 7.17. The molecule has 6 heteroatoms. The topological polar surface area (TPSA) is 54.7 Å². The van der Waals surface area contributed by atoms with Gasteiger partial charge < -0.3 is 4.57 Å². The molecule has 3 aromatic rings. The van der Waals surface area contributed by atoms with Crippen LogP contribution in [0, 0.1) is 23.7 Å². The molecule has 32 heavy (non-hydrogen) atoms. The number of fused-ring (bicyclic) bond motifs is 2. The van der Waals surface area contributed by atoms with Crippen LogP contribution < -0.4 is 0 Å². The van der Waals surface area contributed by atoms with Crippen LogP contribution in [0.5, 0.6) is 0 Å². The van der Waals surface area contributed by atoms with Gasteiger partial charge in [0.25, 0.3) is 11.8 Å². The Morgan fingerprint density at radius 2 is 1.59 bits per heavy atom. The lowest BCUT2D eigenvalue weighted by Crippen LogP contribution is -2.38. The van der Waals surface area contributed by atoms with Crippen molar-refractivity contribution >= 4 is 40.5 Å². The van der Waals surface area contributed by atoms with Crippen molar-refractivity contribution < 1.29 is 9.59 Å². The summed E-state index contributed by atoms with van der Waals surface area (Å²) in [7, 11) is 0. The van der Waals surface area contributed by atoms with Crippen molar-refractivity contribution in [3.8, 4) is 0 Å². The number of aromatic nitrogens is 1. The van der Waals surface area contributed by atoms with Gasteiger partial charge in [-0.15, -0.1) is 0 Å². The smallest absolute Gasteiger partial charge is 0.254 e. The van der Waals surface area contributed by atoms with Crippen LogP contribution in [0.25, 0.3) is 10.9 Å². The lowest BCUT2D eigenvalue weighted by molar-refractivity contribution is -0.140. The van der Waals surface area contributed by atoms with E-state index in [4.69, 9.17) is 11.6 Å². The lowest BCUT2D eigenvalue weighted by Gasteiger charge is -2.37. The molecule has 7 rings (SSSR count). The molecule has 0 N–H and O–H groups in total. The number of carbonyl (C=O) groups excluding carboxylic acids is 2. The largest absolute Gasteiger partial charge is 0.342 e. The van der Waals surface area contributed by atoms with Crippen LogP contribution in [0.3, 0.4) is 0 Å². The van der Waals surface area contributed by atoms with E-state index in [2.05, 4.69) is 21.8 Å². The van der Waals surface area contributed by atoms with E-state index in [1.54, 1.807) is 6.21 Å². The van der Waals surface area contributed by atoms with Crippen molar-refractivity contribution in [3.05, 3.63) is 83.0 Å². The first-order chi connectivity index (χ1) is 15.6. The Labute approximate surface area is 191 Å². The highest BCUT2D eigenvalue weighted by atomic mass is 35.5. The summed E-state index contributed by atoms with van der Waals surface area (Å²) in [6.07, 6.45) is 9.85. The van der Waals surface area contributed by atoms with Crippen LogP contribution in [0.15, 0.2) is 72.0 Å². The quantitative estimate of drug-likeness (QED) is 0.328. The number of hydrogen-bond acceptors (Lipinski definition) is 3. The molecule has 2 aromatic carbocycles. The van der Waals surface area contributed by atoms with Crippen LogP contribution in [0.2, 0.25) is 5.02 Å². The molecule has 4 atom stereocenters. The fraction of sp³-hybridized carbons (Fsp3) is 0.269. The summed E-state index contributed by atoms with van der Waals surface area (Å²) in [6, 6.07) is 15.8. The van der Waals surface area contributed by atoms with E-state index in [-0.39, 0.29) is 35.5 Å². The summed E-state index contributed by atoms with van der Waals surface area (Å²) in [5, 5.41) is 7.26. The molecule has 1 aliphatic heterocycles. The second-order valence-corrected chi connectivity index (χ2v) is 9.30. The van der Waals surface area contributed by atoms with Gasteiger partial charge in [0.05, 0.1) is 18.1 Å². The number of para-hydroxylation sites is 1. The SMILES string of the molecule is O=C1[C@H]2[C@H](C(=O)N1/N=C\c1cn(Cc3ccccc3Cl)c3ccccc13)[C@@H]1C=C[C@@H]2CC1. The highest BCUT2D eigenvalue weighted by Crippen LogP contribution is 2.49. The molecule has 160 valence electrons. The Morgan fingerprint density at radius 1 is 0.938 bits per heavy atom. The summed E-state index contributed by atoms with van der Waals surface area (Å²) < 4.78 is 2.12. The monoisotopic (exact) mass is 443 g/mol. The van der Waals surface area contributed by atoms with Gasteiger partial charge in [-0.3, -0.25) is 9.59 Å². The molecule has 1 saturated heterocycles. The van der Waals surface area contributed by atoms with Crippen molar-refractivity contribution in [2.24, 2.45) is 28.8 Å². The first kappa shape index (κ1) is 19.5. The Balaban J connectivity index is 1.33. The number of carbonyl (C=O) groups is 2. The lowest BCUT2D eigenvalue weighted by atomic mass is 9.63. The Morgan fingerprint density at radius 3 is 2.28 bits per heavy atom. The zero-order valence-electron chi connectivity index (χ0n) is 17.4. The molecule has 2 bridgehead atoms. The number of halogens is 1. The third-order valence-corrected chi connectivity index (χ3v) is 7.54. The molecular formula is C26H22ClN3O2. The normalized spacial score (nSPS) is 26.6. The average molecular weight is 444 g/mol. The second kappa shape index (κ2) is 7.45. The molecule has 2 fully saturated rings. The van der Waals surface area contributed by atoms with Gasteiger partial charge in [0.2, 0.25) is 0 Å². The third kappa shape index (κ3) is 2.95. The van der Waals surface area contributed by atoms with Crippen molar-refractivity contribution in [2.75, 3.05) is 0 Å². The first-order valence-corrected chi connectivity index (χ1v) is 11.4. The number of benzene rings is 2. The number of hydrazone groups is 1. The van der Waals surface area contributed by atoms with E-state index in [0.717, 1.165) is 44.9 Å². The van der Waals surface area contributed by atoms with Gasteiger partial charge in [0, 0.05) is 34.2 Å². The number of nitrogens with zero attached hydrogens (tertiary/aromatic N) is 3. The number of amides is 2. The van der Waals surface area contributed by atoms with E-state index in [0.29, 0.717) is 6.54 Å². The van der Waals surface area contributed by atoms with Gasteiger partial charge in [0.15, 0.2) is 0 Å². The molecule has 2 heterocycles. The highest BCUT2D eigenvalue weighted by Gasteiger charge is 2.56. The molecule has 0 radical (unpaired) electrons. The summed E-state index contributed by atoms with van der Waals surface area (Å²) in [4.78, 5) is 26.1. The Bertz CT molecular complexity index is 1280. The highest BCUT2D eigenvalue weighted by molar-refractivity contribution is 6.31. The molecular weight excluding hydrogens is 422 g/mol. The summed E-state index contributed by atoms with van der Waals surface area (Å²) in [6.45, 7) is 0.620. The maximum Gasteiger partial charge on any atom is 0.254 e. The van der Waals surface area contributed by atoms with Gasteiger partial charge >= 0.3 is 0 Å². The average Bonchev–Trinajstić information content (AvgIpc) is 3.31. The number of hydrogen-bond donors (Lipinski definition) is 0. The van der Waals surface area contributed by atoms with E-state index in [1.165, 1.54) is 0 Å². The van der Waals surface area contributed by atoms with Crippen molar-refractivity contribution in [1.29, 1.82) is 0 Å². The van der Waals surface area contributed by atoms with E-state index in [1.807, 2.05) is 54.7 Å². The van der Waals surface area contributed by atoms with Crippen LogP contribution >= 0.6 is 11.6 Å². The summed E-state index contributed by atoms with van der Waals surface area (Å²) in [5.41, 5.74) is 2.93. The number of rotatable bonds is 4. The maximum atomic E-state index is 13.0. The van der Waals surface area contributed by atoms with Crippen LogP contribution in [0.4, 0.5) is 0 Å². The van der Waals surface area contributed by atoms with E-state index < -0.39 is 0 Å². The van der Waals surface area contributed by atoms with Gasteiger partial charge in [-0.25, -0.2) is 0 Å². The fourth-order valence-corrected chi connectivity index (χ4v) is 5.81. The van der Waals surface area contributed by atoms with Crippen LogP contribution in [-0.2, 0) is 16.1 Å². The molecule has 2 amide bonds.